The second-order valence-corrected chi connectivity index (χ2v) is 5.31. The van der Waals surface area contributed by atoms with Crippen LogP contribution in [0.2, 0.25) is 0 Å². The summed E-state index contributed by atoms with van der Waals surface area (Å²) >= 11 is 0. The van der Waals surface area contributed by atoms with Crippen molar-refractivity contribution in [3.63, 3.8) is 0 Å². The number of nitrogens with two attached hydrogens (primary N) is 1. The Labute approximate surface area is 125 Å². The molecule has 0 saturated carbocycles. The lowest BCUT2D eigenvalue weighted by atomic mass is 10.1. The normalized spacial score (nSPS) is 13.6. The van der Waals surface area contributed by atoms with Gasteiger partial charge >= 0.3 is 0 Å². The minimum atomic E-state index is -0.745. The standard InChI is InChI=1S/C16H25FN2O2/c1-4-5-9-19-16(20)12(3)21-15-13(10-11(2)18)7-6-8-14(15)17/h6-8,11-12H,4-5,9-10,18H2,1-3H3,(H,19,20). The van der Waals surface area contributed by atoms with Gasteiger partial charge in [-0.1, -0.05) is 25.5 Å². The van der Waals surface area contributed by atoms with E-state index >= 15 is 0 Å². The minimum absolute atomic E-state index is 0.108. The predicted octanol–water partition coefficient (Wildman–Crippen LogP) is 2.40. The van der Waals surface area contributed by atoms with Gasteiger partial charge in [-0.3, -0.25) is 4.79 Å². The van der Waals surface area contributed by atoms with Crippen LogP contribution in [-0.4, -0.2) is 24.6 Å². The minimum Gasteiger partial charge on any atom is -0.478 e. The predicted molar refractivity (Wildman–Crippen MR) is 81.8 cm³/mol. The van der Waals surface area contributed by atoms with E-state index in [0.29, 0.717) is 18.5 Å². The molecule has 0 saturated heterocycles. The maximum atomic E-state index is 13.9. The Morgan fingerprint density at radius 2 is 2.14 bits per heavy atom. The van der Waals surface area contributed by atoms with E-state index in [0.717, 1.165) is 12.8 Å². The molecule has 3 N–H and O–H groups in total. The summed E-state index contributed by atoms with van der Waals surface area (Å²) in [5.74, 6) is -0.590. The molecule has 0 radical (unpaired) electrons. The maximum Gasteiger partial charge on any atom is 0.260 e. The summed E-state index contributed by atoms with van der Waals surface area (Å²) in [5, 5.41) is 2.77. The van der Waals surface area contributed by atoms with Crippen molar-refractivity contribution in [3.8, 4) is 5.75 Å². The van der Waals surface area contributed by atoms with Gasteiger partial charge in [-0.2, -0.15) is 0 Å². The number of nitrogens with one attached hydrogen (secondary N) is 1. The number of halogens is 1. The highest BCUT2D eigenvalue weighted by Crippen LogP contribution is 2.25. The number of amides is 1. The number of unbranched alkanes of at least 4 members (excludes halogenated alkanes) is 1. The SMILES string of the molecule is CCCCNC(=O)C(C)Oc1c(F)cccc1CC(C)N. The highest BCUT2D eigenvalue weighted by Gasteiger charge is 2.19. The van der Waals surface area contributed by atoms with Crippen LogP contribution in [0, 0.1) is 5.82 Å². The third-order valence-electron chi connectivity index (χ3n) is 3.08. The summed E-state index contributed by atoms with van der Waals surface area (Å²) in [6.45, 7) is 6.11. The molecule has 2 atom stereocenters. The summed E-state index contributed by atoms with van der Waals surface area (Å²) in [5.41, 5.74) is 6.44. The van der Waals surface area contributed by atoms with E-state index in [1.807, 2.05) is 13.8 Å². The molecule has 1 rings (SSSR count). The van der Waals surface area contributed by atoms with Crippen molar-refractivity contribution in [2.24, 2.45) is 5.73 Å². The Morgan fingerprint density at radius 3 is 2.76 bits per heavy atom. The Hall–Kier alpha value is -1.62. The van der Waals surface area contributed by atoms with Gasteiger partial charge in [0.25, 0.3) is 5.91 Å². The average molecular weight is 296 g/mol. The number of para-hydroxylation sites is 1. The van der Waals surface area contributed by atoms with Crippen molar-refractivity contribution in [1.82, 2.24) is 5.32 Å². The zero-order chi connectivity index (χ0) is 15.8. The van der Waals surface area contributed by atoms with E-state index in [-0.39, 0.29) is 17.7 Å². The Bertz CT molecular complexity index is 464. The van der Waals surface area contributed by atoms with Gasteiger partial charge in [0.1, 0.15) is 0 Å². The van der Waals surface area contributed by atoms with Gasteiger partial charge in [0.05, 0.1) is 0 Å². The molecule has 0 aliphatic carbocycles. The van der Waals surface area contributed by atoms with Crippen LogP contribution in [0.15, 0.2) is 18.2 Å². The zero-order valence-corrected chi connectivity index (χ0v) is 13.0. The third kappa shape index (κ3) is 5.71. The van der Waals surface area contributed by atoms with Crippen molar-refractivity contribution < 1.29 is 13.9 Å². The van der Waals surface area contributed by atoms with Crippen LogP contribution in [0.1, 0.15) is 39.2 Å². The first-order valence-electron chi connectivity index (χ1n) is 7.43. The molecule has 0 fully saturated rings. The second kappa shape index (κ2) is 8.62. The molecule has 0 spiro atoms. The number of ether oxygens (including phenoxy) is 1. The van der Waals surface area contributed by atoms with Gasteiger partial charge in [0.2, 0.25) is 0 Å². The summed E-state index contributed by atoms with van der Waals surface area (Å²) < 4.78 is 19.5. The molecular formula is C16H25FN2O2. The highest BCUT2D eigenvalue weighted by atomic mass is 19.1. The summed E-state index contributed by atoms with van der Waals surface area (Å²) in [6.07, 6.45) is 1.66. The van der Waals surface area contributed by atoms with Crippen molar-refractivity contribution in [3.05, 3.63) is 29.6 Å². The Morgan fingerprint density at radius 1 is 1.43 bits per heavy atom. The first-order chi connectivity index (χ1) is 9.95. The summed E-state index contributed by atoms with van der Waals surface area (Å²) in [6, 6.07) is 4.60. The fourth-order valence-corrected chi connectivity index (χ4v) is 1.96. The fourth-order valence-electron chi connectivity index (χ4n) is 1.96. The molecule has 0 heterocycles. The van der Waals surface area contributed by atoms with Gasteiger partial charge in [-0.05, 0) is 38.3 Å². The van der Waals surface area contributed by atoms with Crippen molar-refractivity contribution in [2.75, 3.05) is 6.54 Å². The largest absolute Gasteiger partial charge is 0.478 e. The zero-order valence-electron chi connectivity index (χ0n) is 13.0. The molecule has 2 unspecified atom stereocenters. The van der Waals surface area contributed by atoms with Crippen LogP contribution in [0.5, 0.6) is 5.75 Å². The molecule has 1 aromatic carbocycles. The van der Waals surface area contributed by atoms with E-state index < -0.39 is 11.9 Å². The first-order valence-corrected chi connectivity index (χ1v) is 7.43. The molecule has 118 valence electrons. The Balaban J connectivity index is 2.74. The molecular weight excluding hydrogens is 271 g/mol. The molecule has 1 amide bonds. The summed E-state index contributed by atoms with van der Waals surface area (Å²) in [7, 11) is 0. The monoisotopic (exact) mass is 296 g/mol. The van der Waals surface area contributed by atoms with E-state index in [1.165, 1.54) is 6.07 Å². The van der Waals surface area contributed by atoms with Gasteiger partial charge < -0.3 is 15.8 Å². The lowest BCUT2D eigenvalue weighted by Gasteiger charge is -2.18. The number of carbonyl (C=O) groups is 1. The van der Waals surface area contributed by atoms with E-state index in [1.54, 1.807) is 19.1 Å². The molecule has 1 aromatic rings. The summed E-state index contributed by atoms with van der Waals surface area (Å²) in [4.78, 5) is 11.9. The van der Waals surface area contributed by atoms with E-state index in [2.05, 4.69) is 5.32 Å². The topological polar surface area (TPSA) is 64.3 Å². The van der Waals surface area contributed by atoms with Gasteiger partial charge in [-0.25, -0.2) is 4.39 Å². The van der Waals surface area contributed by atoms with Gasteiger partial charge in [0, 0.05) is 12.6 Å². The maximum absolute atomic E-state index is 13.9. The van der Waals surface area contributed by atoms with E-state index in [4.69, 9.17) is 10.5 Å². The molecule has 0 aliphatic heterocycles. The molecule has 4 nitrogen and oxygen atoms in total. The molecule has 5 heteroatoms. The first kappa shape index (κ1) is 17.4. The number of rotatable bonds is 8. The van der Waals surface area contributed by atoms with Crippen LogP contribution in [0.3, 0.4) is 0 Å². The van der Waals surface area contributed by atoms with Gasteiger partial charge in [0.15, 0.2) is 17.7 Å². The van der Waals surface area contributed by atoms with Crippen LogP contribution in [0.4, 0.5) is 4.39 Å². The van der Waals surface area contributed by atoms with Gasteiger partial charge in [-0.15, -0.1) is 0 Å². The number of hydrogen-bond donors (Lipinski definition) is 2. The lowest BCUT2D eigenvalue weighted by molar-refractivity contribution is -0.127. The molecule has 0 aliphatic rings. The fraction of sp³-hybridized carbons (Fsp3) is 0.562. The molecule has 0 bridgehead atoms. The van der Waals surface area contributed by atoms with Crippen molar-refractivity contribution >= 4 is 5.91 Å². The lowest BCUT2D eigenvalue weighted by Crippen LogP contribution is -2.37. The van der Waals surface area contributed by atoms with Crippen molar-refractivity contribution in [1.29, 1.82) is 0 Å². The number of carbonyl (C=O) groups excluding carboxylic acids is 1. The van der Waals surface area contributed by atoms with Crippen molar-refractivity contribution in [2.45, 2.75) is 52.2 Å². The third-order valence-corrected chi connectivity index (χ3v) is 3.08. The Kier molecular flexibility index (Phi) is 7.15. The average Bonchev–Trinajstić information content (AvgIpc) is 2.42. The van der Waals surface area contributed by atoms with Crippen LogP contribution >= 0.6 is 0 Å². The second-order valence-electron chi connectivity index (χ2n) is 5.31. The number of benzene rings is 1. The molecule has 0 aromatic heterocycles. The van der Waals surface area contributed by atoms with Crippen LogP contribution in [-0.2, 0) is 11.2 Å². The smallest absolute Gasteiger partial charge is 0.260 e. The van der Waals surface area contributed by atoms with Crippen LogP contribution in [0.25, 0.3) is 0 Å². The number of hydrogen-bond acceptors (Lipinski definition) is 3. The quantitative estimate of drug-likeness (QED) is 0.724. The highest BCUT2D eigenvalue weighted by molar-refractivity contribution is 5.80. The van der Waals surface area contributed by atoms with E-state index in [9.17, 15) is 9.18 Å². The van der Waals surface area contributed by atoms with Crippen LogP contribution < -0.4 is 15.8 Å². The molecule has 21 heavy (non-hydrogen) atoms.